The van der Waals surface area contributed by atoms with Crippen LogP contribution in [0.4, 0.5) is 5.69 Å². The molecular weight excluding hydrogens is 506 g/mol. The van der Waals surface area contributed by atoms with Gasteiger partial charge >= 0.3 is 0 Å². The van der Waals surface area contributed by atoms with Crippen molar-refractivity contribution in [1.29, 1.82) is 0 Å². The van der Waals surface area contributed by atoms with Gasteiger partial charge in [0.2, 0.25) is 11.8 Å². The summed E-state index contributed by atoms with van der Waals surface area (Å²) in [6.07, 6.45) is 2.94. The monoisotopic (exact) mass is 527 g/mol. The summed E-state index contributed by atoms with van der Waals surface area (Å²) in [7, 11) is 0. The van der Waals surface area contributed by atoms with Gasteiger partial charge in [0.25, 0.3) is 0 Å². The lowest BCUT2D eigenvalue weighted by atomic mass is 10.1. The highest BCUT2D eigenvalue weighted by atomic mass is 35.5. The molecule has 184 valence electrons. The van der Waals surface area contributed by atoms with Crippen molar-refractivity contribution in [3.8, 4) is 22.8 Å². The molecular formula is C29H22ClN3O3S. The van der Waals surface area contributed by atoms with Crippen LogP contribution in [0.2, 0.25) is 5.02 Å². The molecule has 2 heterocycles. The summed E-state index contributed by atoms with van der Waals surface area (Å²) in [4.78, 5) is 17.0. The molecule has 0 saturated heterocycles. The molecule has 0 radical (unpaired) electrons. The minimum atomic E-state index is -0.387. The van der Waals surface area contributed by atoms with Gasteiger partial charge in [0.15, 0.2) is 10.7 Å². The van der Waals surface area contributed by atoms with E-state index in [0.717, 1.165) is 33.5 Å². The van der Waals surface area contributed by atoms with Crippen LogP contribution in [-0.4, -0.2) is 16.0 Å². The predicted molar refractivity (Wildman–Crippen MR) is 151 cm³/mol. The lowest BCUT2D eigenvalue weighted by molar-refractivity contribution is -0.115. The van der Waals surface area contributed by atoms with Crippen LogP contribution in [0.3, 0.4) is 0 Å². The van der Waals surface area contributed by atoms with Gasteiger partial charge in [-0.1, -0.05) is 41.9 Å². The average molecular weight is 528 g/mol. The maximum absolute atomic E-state index is 12.4. The normalized spacial score (nSPS) is 11.2. The molecule has 0 fully saturated rings. The number of hydrogen-bond acceptors (Lipinski definition) is 5. The zero-order chi connectivity index (χ0) is 25.9. The van der Waals surface area contributed by atoms with Gasteiger partial charge < -0.3 is 14.2 Å². The van der Waals surface area contributed by atoms with E-state index in [4.69, 9.17) is 32.7 Å². The minimum Gasteiger partial charge on any atom is -0.457 e. The van der Waals surface area contributed by atoms with E-state index in [1.807, 2.05) is 80.6 Å². The lowest BCUT2D eigenvalue weighted by Crippen LogP contribution is -2.33. The topological polar surface area (TPSA) is 80.3 Å². The molecule has 0 aliphatic carbocycles. The van der Waals surface area contributed by atoms with Crippen LogP contribution < -0.4 is 10.6 Å². The summed E-state index contributed by atoms with van der Waals surface area (Å²) in [6, 6.07) is 22.7. The molecule has 0 spiro atoms. The number of rotatable bonds is 5. The van der Waals surface area contributed by atoms with E-state index in [0.29, 0.717) is 28.0 Å². The third-order valence-corrected chi connectivity index (χ3v) is 6.36. The van der Waals surface area contributed by atoms with Crippen molar-refractivity contribution in [3.63, 3.8) is 0 Å². The van der Waals surface area contributed by atoms with Crippen LogP contribution in [-0.2, 0) is 4.79 Å². The number of para-hydroxylation sites is 2. The van der Waals surface area contributed by atoms with E-state index < -0.39 is 0 Å². The number of halogens is 1. The van der Waals surface area contributed by atoms with Crippen LogP contribution in [0.1, 0.15) is 16.9 Å². The Hall–Kier alpha value is -4.20. The second-order valence-corrected chi connectivity index (χ2v) is 9.27. The summed E-state index contributed by atoms with van der Waals surface area (Å²) < 4.78 is 11.7. The number of hydrogen-bond donors (Lipinski definition) is 2. The predicted octanol–water partition coefficient (Wildman–Crippen LogP) is 7.55. The number of aryl methyl sites for hydroxylation is 2. The van der Waals surface area contributed by atoms with Gasteiger partial charge in [-0.25, -0.2) is 4.98 Å². The molecule has 0 aliphatic rings. The van der Waals surface area contributed by atoms with Crippen LogP contribution >= 0.6 is 23.8 Å². The second kappa shape index (κ2) is 10.4. The lowest BCUT2D eigenvalue weighted by Gasteiger charge is -2.11. The van der Waals surface area contributed by atoms with Gasteiger partial charge in [-0.2, -0.15) is 0 Å². The number of amides is 1. The number of fused-ring (bicyclic) bond motifs is 1. The molecule has 0 aliphatic heterocycles. The van der Waals surface area contributed by atoms with Crippen molar-refractivity contribution < 1.29 is 13.6 Å². The molecule has 5 aromatic rings. The SMILES string of the molecule is Cc1ccc(-c2ccc(/C=C/C(=O)NC(=S)Nc3cc(-c4nc5ccccc5o4)ccc3C)o2)cc1Cl. The van der Waals surface area contributed by atoms with Crippen LogP contribution in [0.25, 0.3) is 40.0 Å². The number of aromatic nitrogens is 1. The van der Waals surface area contributed by atoms with E-state index in [1.54, 1.807) is 12.1 Å². The summed E-state index contributed by atoms with van der Waals surface area (Å²) >= 11 is 11.6. The van der Waals surface area contributed by atoms with Crippen molar-refractivity contribution >= 4 is 57.7 Å². The summed E-state index contributed by atoms with van der Waals surface area (Å²) in [5, 5.41) is 6.57. The standard InChI is InChI=1S/C29H22ClN3O3S/c1-17-7-9-19(15-22(17)30)25-13-11-21(35-25)12-14-27(34)33-29(37)32-24-16-20(10-8-18(24)2)28-31-23-5-3-4-6-26(23)36-28/h3-16H,1-2H3,(H2,32,33,34,37)/b14-12+. The fourth-order valence-electron chi connectivity index (χ4n) is 3.69. The van der Waals surface area contributed by atoms with Crippen LogP contribution in [0.15, 0.2) is 87.7 Å². The quantitative estimate of drug-likeness (QED) is 0.181. The average Bonchev–Trinajstić information content (AvgIpc) is 3.53. The zero-order valence-corrected chi connectivity index (χ0v) is 21.6. The first kappa shape index (κ1) is 24.5. The summed E-state index contributed by atoms with van der Waals surface area (Å²) in [5.74, 6) is 1.31. The van der Waals surface area contributed by atoms with Gasteiger partial charge in [-0.15, -0.1) is 0 Å². The molecule has 0 bridgehead atoms. The number of nitrogens with one attached hydrogen (secondary N) is 2. The van der Waals surface area contributed by atoms with Crippen molar-refractivity contribution in [2.24, 2.45) is 0 Å². The first-order valence-electron chi connectivity index (χ1n) is 11.5. The highest BCUT2D eigenvalue weighted by Crippen LogP contribution is 2.29. The Kier molecular flexibility index (Phi) is 6.90. The van der Waals surface area contributed by atoms with Gasteiger partial charge in [-0.05, 0) is 85.7 Å². The maximum Gasteiger partial charge on any atom is 0.250 e. The Morgan fingerprint density at radius 3 is 2.54 bits per heavy atom. The number of benzene rings is 3. The number of oxazole rings is 1. The molecule has 0 unspecified atom stereocenters. The van der Waals surface area contributed by atoms with Gasteiger partial charge in [-0.3, -0.25) is 10.1 Å². The number of anilines is 1. The maximum atomic E-state index is 12.4. The van der Waals surface area contributed by atoms with Gasteiger partial charge in [0.05, 0.1) is 0 Å². The van der Waals surface area contributed by atoms with Crippen molar-refractivity contribution in [2.75, 3.05) is 5.32 Å². The number of thiocarbonyl (C=S) groups is 1. The Morgan fingerprint density at radius 2 is 1.73 bits per heavy atom. The van der Waals surface area contributed by atoms with Crippen LogP contribution in [0.5, 0.6) is 0 Å². The Bertz CT molecular complexity index is 1640. The molecule has 2 aromatic heterocycles. The van der Waals surface area contributed by atoms with E-state index in [1.165, 1.54) is 6.08 Å². The Labute approximate surface area is 224 Å². The second-order valence-electron chi connectivity index (χ2n) is 8.46. The highest BCUT2D eigenvalue weighted by Gasteiger charge is 2.11. The fourth-order valence-corrected chi connectivity index (χ4v) is 4.09. The molecule has 0 atom stereocenters. The van der Waals surface area contributed by atoms with E-state index in [-0.39, 0.29) is 11.0 Å². The third kappa shape index (κ3) is 5.63. The smallest absolute Gasteiger partial charge is 0.250 e. The molecule has 1 amide bonds. The summed E-state index contributed by atoms with van der Waals surface area (Å²) in [6.45, 7) is 3.88. The first-order chi connectivity index (χ1) is 17.9. The number of carbonyl (C=O) groups excluding carboxylic acids is 1. The van der Waals surface area contributed by atoms with Crippen LogP contribution in [0, 0.1) is 13.8 Å². The Balaban J connectivity index is 1.23. The van der Waals surface area contributed by atoms with Crippen molar-refractivity contribution in [2.45, 2.75) is 13.8 Å². The number of nitrogens with zero attached hydrogens (tertiary/aromatic N) is 1. The molecule has 37 heavy (non-hydrogen) atoms. The Morgan fingerprint density at radius 1 is 0.946 bits per heavy atom. The first-order valence-corrected chi connectivity index (χ1v) is 12.3. The number of furan rings is 1. The van der Waals surface area contributed by atoms with Gasteiger partial charge in [0, 0.05) is 27.9 Å². The molecule has 2 N–H and O–H groups in total. The molecule has 0 saturated carbocycles. The van der Waals surface area contributed by atoms with E-state index in [2.05, 4.69) is 15.6 Å². The molecule has 6 nitrogen and oxygen atoms in total. The molecule has 8 heteroatoms. The minimum absolute atomic E-state index is 0.168. The largest absolute Gasteiger partial charge is 0.457 e. The van der Waals surface area contributed by atoms with Gasteiger partial charge in [0.1, 0.15) is 17.0 Å². The zero-order valence-electron chi connectivity index (χ0n) is 20.0. The molecule has 3 aromatic carbocycles. The third-order valence-electron chi connectivity index (χ3n) is 5.75. The summed E-state index contributed by atoms with van der Waals surface area (Å²) in [5.41, 5.74) is 5.84. The van der Waals surface area contributed by atoms with E-state index >= 15 is 0 Å². The molecule has 5 rings (SSSR count). The number of carbonyl (C=O) groups is 1. The highest BCUT2D eigenvalue weighted by molar-refractivity contribution is 7.80. The van der Waals surface area contributed by atoms with Crippen molar-refractivity contribution in [1.82, 2.24) is 10.3 Å². The fraction of sp³-hybridized carbons (Fsp3) is 0.0690. The van der Waals surface area contributed by atoms with Crippen molar-refractivity contribution in [3.05, 3.63) is 101 Å². The van der Waals surface area contributed by atoms with E-state index in [9.17, 15) is 4.79 Å².